The molecule has 0 radical (unpaired) electrons. The smallest absolute Gasteiger partial charge is 0.311 e. The summed E-state index contributed by atoms with van der Waals surface area (Å²) in [6.07, 6.45) is 21.6. The van der Waals surface area contributed by atoms with Crippen LogP contribution in [0.2, 0.25) is 0 Å². The molecule has 0 bridgehead atoms. The molecule has 1 aromatic rings. The van der Waals surface area contributed by atoms with Crippen molar-refractivity contribution in [1.82, 2.24) is 4.98 Å². The number of allylic oxidation sites excluding steroid dienone is 2. The highest BCUT2D eigenvalue weighted by atomic mass is 32.1. The number of hydrogen-bond donors (Lipinski definition) is 1. The number of carbonyl (C=O) groups excluding carboxylic acids is 2. The molecule has 0 saturated heterocycles. The van der Waals surface area contributed by atoms with Crippen molar-refractivity contribution in [2.45, 2.75) is 110 Å². The van der Waals surface area contributed by atoms with E-state index in [4.69, 9.17) is 4.74 Å². The van der Waals surface area contributed by atoms with Gasteiger partial charge in [-0.05, 0) is 39.0 Å². The molecule has 0 aliphatic carbocycles. The first-order chi connectivity index (χ1) is 15.2. The maximum absolute atomic E-state index is 12.0. The molecular formula is C25H42N2O3S. The van der Waals surface area contributed by atoms with Crippen molar-refractivity contribution in [2.75, 3.05) is 11.9 Å². The number of thiazole rings is 1. The van der Waals surface area contributed by atoms with Gasteiger partial charge in [0.25, 0.3) is 0 Å². The number of unbranched alkanes of at least 4 members (excludes halogenated alkanes) is 11. The van der Waals surface area contributed by atoms with Gasteiger partial charge in [-0.25, -0.2) is 4.98 Å². The Morgan fingerprint density at radius 2 is 1.55 bits per heavy atom. The summed E-state index contributed by atoms with van der Waals surface area (Å²) in [5, 5.41) is 5.16. The van der Waals surface area contributed by atoms with Gasteiger partial charge in [-0.15, -0.1) is 11.3 Å². The molecular weight excluding hydrogens is 408 g/mol. The lowest BCUT2D eigenvalue weighted by Crippen LogP contribution is -2.11. The van der Waals surface area contributed by atoms with E-state index >= 15 is 0 Å². The van der Waals surface area contributed by atoms with Crippen molar-refractivity contribution in [1.29, 1.82) is 0 Å². The Hall–Kier alpha value is -1.69. The van der Waals surface area contributed by atoms with Gasteiger partial charge in [0.15, 0.2) is 5.13 Å². The van der Waals surface area contributed by atoms with E-state index in [0.29, 0.717) is 23.9 Å². The second-order valence-electron chi connectivity index (χ2n) is 8.01. The zero-order chi connectivity index (χ0) is 22.6. The van der Waals surface area contributed by atoms with Crippen molar-refractivity contribution < 1.29 is 14.3 Å². The van der Waals surface area contributed by atoms with Crippen LogP contribution in [-0.2, 0) is 20.7 Å². The number of hydrogen-bond acceptors (Lipinski definition) is 5. The Kier molecular flexibility index (Phi) is 16.8. The molecule has 0 unspecified atom stereocenters. The number of ether oxygens (including phenoxy) is 1. The van der Waals surface area contributed by atoms with Gasteiger partial charge < -0.3 is 10.1 Å². The summed E-state index contributed by atoms with van der Waals surface area (Å²) in [7, 11) is 0. The number of nitrogens with zero attached hydrogens (tertiary/aromatic N) is 1. The normalized spacial score (nSPS) is 11.2. The van der Waals surface area contributed by atoms with Gasteiger partial charge in [-0.3, -0.25) is 9.59 Å². The fourth-order valence-electron chi connectivity index (χ4n) is 3.34. The number of rotatable bonds is 19. The Bertz CT molecular complexity index is 628. The van der Waals surface area contributed by atoms with Gasteiger partial charge in [0, 0.05) is 11.8 Å². The minimum absolute atomic E-state index is 0.00494. The van der Waals surface area contributed by atoms with Crippen molar-refractivity contribution in [3.63, 3.8) is 0 Å². The summed E-state index contributed by atoms with van der Waals surface area (Å²) in [6.45, 7) is 4.40. The lowest BCUT2D eigenvalue weighted by molar-refractivity contribution is -0.142. The third kappa shape index (κ3) is 15.7. The lowest BCUT2D eigenvalue weighted by atomic mass is 10.1. The quantitative estimate of drug-likeness (QED) is 0.137. The Morgan fingerprint density at radius 3 is 2.19 bits per heavy atom. The molecule has 1 aromatic heterocycles. The summed E-state index contributed by atoms with van der Waals surface area (Å²) in [6, 6.07) is 0. The lowest BCUT2D eigenvalue weighted by Gasteiger charge is -2.02. The molecule has 0 spiro atoms. The fourth-order valence-corrected chi connectivity index (χ4v) is 4.07. The summed E-state index contributed by atoms with van der Waals surface area (Å²) in [5.41, 5.74) is 0.639. The highest BCUT2D eigenvalue weighted by molar-refractivity contribution is 7.13. The van der Waals surface area contributed by atoms with Crippen LogP contribution in [0.5, 0.6) is 0 Å². The number of aromatic nitrogens is 1. The second-order valence-corrected chi connectivity index (χ2v) is 8.87. The van der Waals surface area contributed by atoms with Crippen LogP contribution in [0.3, 0.4) is 0 Å². The van der Waals surface area contributed by atoms with Crippen molar-refractivity contribution in [2.24, 2.45) is 0 Å². The van der Waals surface area contributed by atoms with Gasteiger partial charge in [0.1, 0.15) is 0 Å². The van der Waals surface area contributed by atoms with Gasteiger partial charge in [0.05, 0.1) is 18.7 Å². The molecule has 6 heteroatoms. The summed E-state index contributed by atoms with van der Waals surface area (Å²) < 4.78 is 4.91. The third-order valence-corrected chi connectivity index (χ3v) is 5.90. The van der Waals surface area contributed by atoms with E-state index < -0.39 is 0 Å². The molecule has 0 aromatic carbocycles. The van der Waals surface area contributed by atoms with E-state index in [9.17, 15) is 9.59 Å². The van der Waals surface area contributed by atoms with Crippen LogP contribution in [0.4, 0.5) is 5.13 Å². The average Bonchev–Trinajstić information content (AvgIpc) is 3.17. The molecule has 0 atom stereocenters. The highest BCUT2D eigenvalue weighted by Crippen LogP contribution is 2.17. The van der Waals surface area contributed by atoms with Crippen LogP contribution < -0.4 is 5.32 Å². The molecule has 5 nitrogen and oxygen atoms in total. The average molecular weight is 451 g/mol. The standard InChI is InChI=1S/C25H42N2O3S/c1-3-5-6-7-8-9-10-11-12-13-14-15-16-17-18-19-23(28)27-25-26-22(21-31-25)20-24(29)30-4-2/h11-12,21H,3-10,13-20H2,1-2H3,(H,26,27,28)/b12-11-. The monoisotopic (exact) mass is 450 g/mol. The Labute approximate surface area is 193 Å². The van der Waals surface area contributed by atoms with E-state index in [1.165, 1.54) is 82.0 Å². The van der Waals surface area contributed by atoms with E-state index in [0.717, 1.165) is 12.8 Å². The van der Waals surface area contributed by atoms with Gasteiger partial charge in [-0.1, -0.05) is 70.4 Å². The maximum Gasteiger partial charge on any atom is 0.311 e. The molecule has 1 amide bonds. The second kappa shape index (κ2) is 19.0. The van der Waals surface area contributed by atoms with Gasteiger partial charge in [-0.2, -0.15) is 0 Å². The van der Waals surface area contributed by atoms with Gasteiger partial charge >= 0.3 is 5.97 Å². The number of amides is 1. The Balaban J connectivity index is 1.95. The summed E-state index contributed by atoms with van der Waals surface area (Å²) >= 11 is 1.34. The number of esters is 1. The number of anilines is 1. The molecule has 0 saturated carbocycles. The first-order valence-corrected chi connectivity index (χ1v) is 13.1. The van der Waals surface area contributed by atoms with E-state index in [1.807, 2.05) is 0 Å². The molecule has 0 aliphatic heterocycles. The van der Waals surface area contributed by atoms with Crippen molar-refractivity contribution >= 4 is 28.3 Å². The topological polar surface area (TPSA) is 68.3 Å². The van der Waals surface area contributed by atoms with Crippen LogP contribution in [0, 0.1) is 0 Å². The third-order valence-electron chi connectivity index (χ3n) is 5.09. The summed E-state index contributed by atoms with van der Waals surface area (Å²) in [4.78, 5) is 27.8. The van der Waals surface area contributed by atoms with Crippen molar-refractivity contribution in [3.8, 4) is 0 Å². The van der Waals surface area contributed by atoms with E-state index in [1.54, 1.807) is 12.3 Å². The molecule has 1 rings (SSSR count). The highest BCUT2D eigenvalue weighted by Gasteiger charge is 2.10. The predicted molar refractivity (Wildman–Crippen MR) is 131 cm³/mol. The zero-order valence-corrected chi connectivity index (χ0v) is 20.4. The maximum atomic E-state index is 12.0. The van der Waals surface area contributed by atoms with Crippen LogP contribution in [0.25, 0.3) is 0 Å². The largest absolute Gasteiger partial charge is 0.466 e. The number of carbonyl (C=O) groups is 2. The SMILES string of the molecule is CCCCCCCC/C=C\CCCCCCCC(=O)Nc1nc(CC(=O)OCC)cs1. The van der Waals surface area contributed by atoms with E-state index in [-0.39, 0.29) is 18.3 Å². The van der Waals surface area contributed by atoms with Crippen LogP contribution in [-0.4, -0.2) is 23.5 Å². The Morgan fingerprint density at radius 1 is 0.935 bits per heavy atom. The predicted octanol–water partition coefficient (Wildman–Crippen LogP) is 7.22. The fraction of sp³-hybridized carbons (Fsp3) is 0.720. The zero-order valence-electron chi connectivity index (χ0n) is 19.6. The minimum Gasteiger partial charge on any atom is -0.466 e. The molecule has 176 valence electrons. The first kappa shape index (κ1) is 27.3. The molecule has 1 heterocycles. The molecule has 31 heavy (non-hydrogen) atoms. The molecule has 0 fully saturated rings. The minimum atomic E-state index is -0.293. The first-order valence-electron chi connectivity index (χ1n) is 12.2. The summed E-state index contributed by atoms with van der Waals surface area (Å²) in [5.74, 6) is -0.298. The number of nitrogens with one attached hydrogen (secondary N) is 1. The van der Waals surface area contributed by atoms with Crippen LogP contribution in [0.15, 0.2) is 17.5 Å². The molecule has 1 N–H and O–H groups in total. The van der Waals surface area contributed by atoms with Crippen LogP contribution in [0.1, 0.15) is 109 Å². The van der Waals surface area contributed by atoms with E-state index in [2.05, 4.69) is 29.4 Å². The van der Waals surface area contributed by atoms with Crippen LogP contribution >= 0.6 is 11.3 Å². The van der Waals surface area contributed by atoms with Gasteiger partial charge in [0.2, 0.25) is 5.91 Å². The van der Waals surface area contributed by atoms with Crippen molar-refractivity contribution in [3.05, 3.63) is 23.2 Å². The molecule has 0 aliphatic rings.